The summed E-state index contributed by atoms with van der Waals surface area (Å²) in [4.78, 5) is 10.1. The van der Waals surface area contributed by atoms with Crippen molar-refractivity contribution in [1.29, 1.82) is 0 Å². The summed E-state index contributed by atoms with van der Waals surface area (Å²) in [5, 5.41) is -0.150. The molecule has 0 heterocycles. The molecule has 2 rings (SSSR count). The molecule has 0 aliphatic heterocycles. The van der Waals surface area contributed by atoms with E-state index in [1.807, 2.05) is 26.9 Å². The highest BCUT2D eigenvalue weighted by Gasteiger charge is 2.43. The Morgan fingerprint density at radius 1 is 1.15 bits per heavy atom. The number of hydrogen-bond acceptors (Lipinski definition) is 3. The normalized spacial score (nSPS) is 22.2. The lowest BCUT2D eigenvalue weighted by molar-refractivity contribution is -0.137. The fraction of sp³-hybridized carbons (Fsp3) is 0.667. The van der Waals surface area contributed by atoms with Crippen molar-refractivity contribution in [3.05, 3.63) is 29.8 Å². The van der Waals surface area contributed by atoms with E-state index >= 15 is 0 Å². The Hall–Kier alpha value is -0.863. The van der Waals surface area contributed by atoms with Crippen LogP contribution >= 0.6 is 0 Å². The summed E-state index contributed by atoms with van der Waals surface area (Å²) in [6.45, 7) is 7.90. The number of halogens is 3. The minimum atomic E-state index is -4.56. The van der Waals surface area contributed by atoms with Crippen molar-refractivity contribution in [3.63, 3.8) is 0 Å². The summed E-state index contributed by atoms with van der Waals surface area (Å²) in [7, 11) is -6.04. The molecule has 1 N–H and O–H groups in total. The van der Waals surface area contributed by atoms with Gasteiger partial charge in [-0.05, 0) is 67.4 Å². The molecule has 0 unspecified atom stereocenters. The quantitative estimate of drug-likeness (QED) is 0.683. The van der Waals surface area contributed by atoms with Crippen LogP contribution in [0.25, 0.3) is 0 Å². The van der Waals surface area contributed by atoms with Crippen LogP contribution < -0.4 is 0 Å². The van der Waals surface area contributed by atoms with Gasteiger partial charge in [-0.2, -0.15) is 13.2 Å². The standard InChI is InChI=1S/C18H27F3O3SSi/c1-17(2,26(3,4)24)11-13-8-14(9-13)12-25(22,23)16-7-5-6-15(10-16)18(19,20)21/h5-7,10,13-14,24H,8-9,11-12H2,1-4H3. The van der Waals surface area contributed by atoms with E-state index in [0.29, 0.717) is 12.0 Å². The van der Waals surface area contributed by atoms with Gasteiger partial charge in [-0.15, -0.1) is 0 Å². The molecule has 8 heteroatoms. The second kappa shape index (κ2) is 6.94. The van der Waals surface area contributed by atoms with Gasteiger partial charge in [-0.25, -0.2) is 8.42 Å². The zero-order valence-corrected chi connectivity index (χ0v) is 17.4. The van der Waals surface area contributed by atoms with Crippen molar-refractivity contribution in [1.82, 2.24) is 0 Å². The van der Waals surface area contributed by atoms with Gasteiger partial charge >= 0.3 is 6.18 Å². The van der Waals surface area contributed by atoms with Gasteiger partial charge < -0.3 is 4.80 Å². The predicted molar refractivity (Wildman–Crippen MR) is 98.1 cm³/mol. The van der Waals surface area contributed by atoms with Gasteiger partial charge in [0.05, 0.1) is 16.2 Å². The highest BCUT2D eigenvalue weighted by atomic mass is 32.2. The Bertz CT molecular complexity index is 746. The average Bonchev–Trinajstić information content (AvgIpc) is 2.42. The first-order valence-corrected chi connectivity index (χ1v) is 13.3. The second-order valence-corrected chi connectivity index (χ2v) is 15.2. The minimum absolute atomic E-state index is 0.0289. The second-order valence-electron chi connectivity index (χ2n) is 8.66. The van der Waals surface area contributed by atoms with Gasteiger partial charge in [0.2, 0.25) is 0 Å². The maximum absolute atomic E-state index is 12.8. The molecule has 148 valence electrons. The maximum atomic E-state index is 12.8. The minimum Gasteiger partial charge on any atom is -0.432 e. The van der Waals surface area contributed by atoms with E-state index in [0.717, 1.165) is 31.4 Å². The summed E-state index contributed by atoms with van der Waals surface area (Å²) >= 11 is 0. The highest BCUT2D eigenvalue weighted by Crippen LogP contribution is 2.49. The molecule has 0 bridgehead atoms. The topological polar surface area (TPSA) is 54.4 Å². The number of rotatable bonds is 6. The Balaban J connectivity index is 1.99. The van der Waals surface area contributed by atoms with Crippen LogP contribution in [-0.2, 0) is 16.0 Å². The molecule has 0 amide bonds. The monoisotopic (exact) mass is 408 g/mol. The molecule has 0 saturated heterocycles. The van der Waals surface area contributed by atoms with Crippen LogP contribution in [0, 0.1) is 11.8 Å². The van der Waals surface area contributed by atoms with E-state index in [1.165, 1.54) is 6.07 Å². The fourth-order valence-electron chi connectivity index (χ4n) is 3.42. The molecular weight excluding hydrogens is 381 g/mol. The van der Waals surface area contributed by atoms with Crippen LogP contribution in [0.2, 0.25) is 18.1 Å². The molecule has 1 aromatic carbocycles. The Labute approximate surface area is 154 Å². The molecule has 1 aliphatic carbocycles. The predicted octanol–water partition coefficient (Wildman–Crippen LogP) is 4.87. The Morgan fingerprint density at radius 2 is 1.73 bits per heavy atom. The number of hydrogen-bond donors (Lipinski definition) is 1. The highest BCUT2D eigenvalue weighted by molar-refractivity contribution is 7.91. The number of benzene rings is 1. The van der Waals surface area contributed by atoms with Crippen LogP contribution in [0.1, 0.15) is 38.7 Å². The van der Waals surface area contributed by atoms with Crippen LogP contribution in [0.3, 0.4) is 0 Å². The van der Waals surface area contributed by atoms with Crippen molar-refractivity contribution in [3.8, 4) is 0 Å². The van der Waals surface area contributed by atoms with Crippen molar-refractivity contribution < 1.29 is 26.4 Å². The molecule has 1 fully saturated rings. The lowest BCUT2D eigenvalue weighted by Crippen LogP contribution is -2.42. The third-order valence-corrected chi connectivity index (χ3v) is 11.2. The molecule has 0 atom stereocenters. The first-order chi connectivity index (χ1) is 11.6. The first-order valence-electron chi connectivity index (χ1n) is 8.74. The van der Waals surface area contributed by atoms with Gasteiger partial charge in [0.25, 0.3) is 0 Å². The summed E-state index contributed by atoms with van der Waals surface area (Å²) < 4.78 is 63.3. The molecule has 0 aromatic heterocycles. The molecule has 0 radical (unpaired) electrons. The SMILES string of the molecule is CC(C)(CC1CC(CS(=O)(=O)c2cccc(C(F)(F)F)c2)C1)[Si](C)(C)O. The lowest BCUT2D eigenvalue weighted by Gasteiger charge is -2.43. The van der Waals surface area contributed by atoms with Crippen LogP contribution in [0.15, 0.2) is 29.2 Å². The van der Waals surface area contributed by atoms with Gasteiger partial charge in [-0.1, -0.05) is 19.9 Å². The summed E-state index contributed by atoms with van der Waals surface area (Å²) in [6, 6.07) is 3.95. The molecular formula is C18H27F3O3SSi. The van der Waals surface area contributed by atoms with Crippen molar-refractivity contribution in [2.45, 2.75) is 62.3 Å². The molecule has 1 aliphatic rings. The smallest absolute Gasteiger partial charge is 0.416 e. The molecule has 26 heavy (non-hydrogen) atoms. The summed E-state index contributed by atoms with van der Waals surface area (Å²) in [5.41, 5.74) is -0.943. The van der Waals surface area contributed by atoms with E-state index in [2.05, 4.69) is 0 Å². The zero-order valence-electron chi connectivity index (χ0n) is 15.6. The zero-order chi connectivity index (χ0) is 20.0. The average molecular weight is 409 g/mol. The third-order valence-electron chi connectivity index (χ3n) is 5.76. The Kier molecular flexibility index (Phi) is 5.73. The largest absolute Gasteiger partial charge is 0.432 e. The lowest BCUT2D eigenvalue weighted by atomic mass is 9.72. The van der Waals surface area contributed by atoms with E-state index in [-0.39, 0.29) is 21.6 Å². The molecule has 0 spiro atoms. The van der Waals surface area contributed by atoms with Crippen molar-refractivity contribution in [2.75, 3.05) is 5.75 Å². The van der Waals surface area contributed by atoms with E-state index in [1.54, 1.807) is 0 Å². The van der Waals surface area contributed by atoms with Crippen LogP contribution in [0.5, 0.6) is 0 Å². The third kappa shape index (κ3) is 4.89. The van der Waals surface area contributed by atoms with Gasteiger partial charge in [0.1, 0.15) is 0 Å². The molecule has 3 nitrogen and oxygen atoms in total. The van der Waals surface area contributed by atoms with E-state index < -0.39 is 29.9 Å². The van der Waals surface area contributed by atoms with Gasteiger partial charge in [0, 0.05) is 0 Å². The fourth-order valence-corrected chi connectivity index (χ4v) is 5.89. The number of sulfone groups is 1. The van der Waals surface area contributed by atoms with Crippen molar-refractivity contribution in [2.24, 2.45) is 11.8 Å². The maximum Gasteiger partial charge on any atom is 0.416 e. The number of alkyl halides is 3. The first kappa shape index (κ1) is 21.4. The van der Waals surface area contributed by atoms with Crippen LogP contribution in [0.4, 0.5) is 13.2 Å². The molecule has 1 aromatic rings. The van der Waals surface area contributed by atoms with Crippen LogP contribution in [-0.4, -0.2) is 27.3 Å². The van der Waals surface area contributed by atoms with Gasteiger partial charge in [0.15, 0.2) is 18.2 Å². The van der Waals surface area contributed by atoms with E-state index in [9.17, 15) is 26.4 Å². The molecule has 1 saturated carbocycles. The summed E-state index contributed by atoms with van der Waals surface area (Å²) in [5.74, 6) is 0.218. The van der Waals surface area contributed by atoms with E-state index in [4.69, 9.17) is 0 Å². The van der Waals surface area contributed by atoms with Crippen molar-refractivity contribution >= 4 is 18.2 Å². The Morgan fingerprint density at radius 3 is 2.23 bits per heavy atom. The van der Waals surface area contributed by atoms with Gasteiger partial charge in [-0.3, -0.25) is 0 Å². The summed E-state index contributed by atoms with van der Waals surface area (Å²) in [6.07, 6.45) is -2.22.